The van der Waals surface area contributed by atoms with Gasteiger partial charge in [0.25, 0.3) is 0 Å². The molecular formula is C16H20N4O2. The van der Waals surface area contributed by atoms with Gasteiger partial charge in [0.1, 0.15) is 5.69 Å². The molecule has 3 rings (SSSR count). The smallest absolute Gasteiger partial charge is 0.227 e. The van der Waals surface area contributed by atoms with Gasteiger partial charge in [-0.05, 0) is 30.9 Å². The molecule has 0 saturated carbocycles. The summed E-state index contributed by atoms with van der Waals surface area (Å²) in [5.74, 6) is 1.72. The number of aromatic nitrogens is 3. The fraction of sp³-hybridized carbons (Fsp3) is 0.500. The second kappa shape index (κ2) is 6.68. The maximum Gasteiger partial charge on any atom is 0.227 e. The van der Waals surface area contributed by atoms with Gasteiger partial charge in [0.05, 0.1) is 0 Å². The Balaban J connectivity index is 1.56. The van der Waals surface area contributed by atoms with Crippen LogP contribution in [0, 0.1) is 5.92 Å². The monoisotopic (exact) mass is 300 g/mol. The van der Waals surface area contributed by atoms with Gasteiger partial charge in [-0.2, -0.15) is 4.98 Å². The average molecular weight is 300 g/mol. The number of likely N-dealkylation sites (tertiary alicyclic amines) is 1. The highest BCUT2D eigenvalue weighted by Crippen LogP contribution is 2.17. The van der Waals surface area contributed by atoms with Crippen LogP contribution in [0.4, 0.5) is 0 Å². The summed E-state index contributed by atoms with van der Waals surface area (Å²) in [5.41, 5.74) is 0.675. The number of amides is 1. The van der Waals surface area contributed by atoms with Gasteiger partial charge < -0.3 is 9.42 Å². The Morgan fingerprint density at radius 2 is 2.36 bits per heavy atom. The fourth-order valence-electron chi connectivity index (χ4n) is 2.74. The molecule has 1 aliphatic rings. The van der Waals surface area contributed by atoms with Crippen molar-refractivity contribution in [2.24, 2.45) is 5.92 Å². The lowest BCUT2D eigenvalue weighted by molar-refractivity contribution is -0.132. The van der Waals surface area contributed by atoms with Gasteiger partial charge in [-0.15, -0.1) is 0 Å². The molecule has 0 N–H and O–H groups in total. The van der Waals surface area contributed by atoms with E-state index in [1.54, 1.807) is 6.20 Å². The lowest BCUT2D eigenvalue weighted by Gasteiger charge is -2.30. The SMILES string of the molecule is CC1CCCN(C(=O)CCc2nc(-c3ccccn3)no2)C1. The number of hydrogen-bond acceptors (Lipinski definition) is 5. The van der Waals surface area contributed by atoms with Crippen molar-refractivity contribution in [3.63, 3.8) is 0 Å². The Morgan fingerprint density at radius 3 is 3.14 bits per heavy atom. The molecule has 0 aliphatic carbocycles. The van der Waals surface area contributed by atoms with Crippen molar-refractivity contribution in [3.8, 4) is 11.5 Å². The van der Waals surface area contributed by atoms with Crippen LogP contribution in [0.25, 0.3) is 11.5 Å². The van der Waals surface area contributed by atoms with E-state index in [2.05, 4.69) is 22.0 Å². The third-order valence-corrected chi connectivity index (χ3v) is 3.92. The summed E-state index contributed by atoms with van der Waals surface area (Å²) in [4.78, 5) is 22.6. The molecule has 6 nitrogen and oxygen atoms in total. The molecule has 0 bridgehead atoms. The van der Waals surface area contributed by atoms with Crippen molar-refractivity contribution >= 4 is 5.91 Å². The van der Waals surface area contributed by atoms with E-state index in [1.807, 2.05) is 23.1 Å². The highest BCUT2D eigenvalue weighted by Gasteiger charge is 2.21. The van der Waals surface area contributed by atoms with E-state index in [9.17, 15) is 4.79 Å². The minimum Gasteiger partial charge on any atom is -0.342 e. The van der Waals surface area contributed by atoms with Crippen LogP contribution >= 0.6 is 0 Å². The van der Waals surface area contributed by atoms with Gasteiger partial charge in [0, 0.05) is 32.1 Å². The fourth-order valence-corrected chi connectivity index (χ4v) is 2.74. The molecule has 6 heteroatoms. The Labute approximate surface area is 129 Å². The van der Waals surface area contributed by atoms with Crippen LogP contribution in [0.5, 0.6) is 0 Å². The second-order valence-electron chi connectivity index (χ2n) is 5.81. The van der Waals surface area contributed by atoms with E-state index < -0.39 is 0 Å². The van der Waals surface area contributed by atoms with Crippen molar-refractivity contribution in [1.82, 2.24) is 20.0 Å². The predicted octanol–water partition coefficient (Wildman–Crippen LogP) is 2.32. The number of rotatable bonds is 4. The molecule has 2 aromatic heterocycles. The normalized spacial score (nSPS) is 18.4. The largest absolute Gasteiger partial charge is 0.342 e. The average Bonchev–Trinajstić information content (AvgIpc) is 3.02. The summed E-state index contributed by atoms with van der Waals surface area (Å²) in [7, 11) is 0. The molecule has 1 fully saturated rings. The Morgan fingerprint density at radius 1 is 1.45 bits per heavy atom. The van der Waals surface area contributed by atoms with Crippen molar-refractivity contribution < 1.29 is 9.32 Å². The number of carbonyl (C=O) groups is 1. The Bertz CT molecular complexity index is 626. The molecular weight excluding hydrogens is 280 g/mol. The molecule has 0 aromatic carbocycles. The zero-order valence-corrected chi connectivity index (χ0v) is 12.7. The molecule has 1 unspecified atom stereocenters. The molecule has 1 atom stereocenters. The first-order valence-electron chi connectivity index (χ1n) is 7.74. The number of piperidine rings is 1. The van der Waals surface area contributed by atoms with Gasteiger partial charge in [0.15, 0.2) is 0 Å². The minimum atomic E-state index is 0.170. The van der Waals surface area contributed by atoms with E-state index in [-0.39, 0.29) is 5.91 Å². The third kappa shape index (κ3) is 3.50. The van der Waals surface area contributed by atoms with Crippen molar-refractivity contribution in [3.05, 3.63) is 30.3 Å². The molecule has 3 heterocycles. The quantitative estimate of drug-likeness (QED) is 0.866. The molecule has 1 aliphatic heterocycles. The van der Waals surface area contributed by atoms with Gasteiger partial charge in [-0.3, -0.25) is 9.78 Å². The topological polar surface area (TPSA) is 72.1 Å². The van der Waals surface area contributed by atoms with Gasteiger partial charge in [0.2, 0.25) is 17.6 Å². The summed E-state index contributed by atoms with van der Waals surface area (Å²) in [6.45, 7) is 3.92. The number of carbonyl (C=O) groups excluding carboxylic acids is 1. The van der Waals surface area contributed by atoms with Crippen molar-refractivity contribution in [1.29, 1.82) is 0 Å². The minimum absolute atomic E-state index is 0.170. The van der Waals surface area contributed by atoms with Crippen LogP contribution in [0.3, 0.4) is 0 Å². The van der Waals surface area contributed by atoms with Crippen molar-refractivity contribution in [2.45, 2.75) is 32.6 Å². The van der Waals surface area contributed by atoms with Crippen LogP contribution in [-0.4, -0.2) is 39.0 Å². The first-order valence-corrected chi connectivity index (χ1v) is 7.74. The van der Waals surface area contributed by atoms with E-state index in [4.69, 9.17) is 4.52 Å². The Hall–Kier alpha value is -2.24. The molecule has 0 radical (unpaired) electrons. The summed E-state index contributed by atoms with van der Waals surface area (Å²) < 4.78 is 5.21. The molecule has 1 amide bonds. The van der Waals surface area contributed by atoms with E-state index in [0.717, 1.165) is 19.5 Å². The second-order valence-corrected chi connectivity index (χ2v) is 5.81. The number of pyridine rings is 1. The molecule has 0 spiro atoms. The third-order valence-electron chi connectivity index (χ3n) is 3.92. The number of aryl methyl sites for hydroxylation is 1. The van der Waals surface area contributed by atoms with Crippen LogP contribution < -0.4 is 0 Å². The molecule has 1 saturated heterocycles. The maximum atomic E-state index is 12.2. The summed E-state index contributed by atoms with van der Waals surface area (Å²) in [5, 5.41) is 3.92. The van der Waals surface area contributed by atoms with Crippen LogP contribution in [0.1, 0.15) is 32.1 Å². The van der Waals surface area contributed by atoms with Crippen LogP contribution in [0.2, 0.25) is 0 Å². The molecule has 116 valence electrons. The first-order chi connectivity index (χ1) is 10.7. The van der Waals surface area contributed by atoms with Gasteiger partial charge in [-0.25, -0.2) is 0 Å². The maximum absolute atomic E-state index is 12.2. The highest BCUT2D eigenvalue weighted by atomic mass is 16.5. The highest BCUT2D eigenvalue weighted by molar-refractivity contribution is 5.76. The van der Waals surface area contributed by atoms with E-state index in [0.29, 0.717) is 36.2 Å². The van der Waals surface area contributed by atoms with E-state index >= 15 is 0 Å². The molecule has 2 aromatic rings. The zero-order chi connectivity index (χ0) is 15.4. The van der Waals surface area contributed by atoms with Gasteiger partial charge in [-0.1, -0.05) is 18.1 Å². The summed E-state index contributed by atoms with van der Waals surface area (Å²) >= 11 is 0. The molecule has 22 heavy (non-hydrogen) atoms. The zero-order valence-electron chi connectivity index (χ0n) is 12.7. The van der Waals surface area contributed by atoms with Crippen LogP contribution in [0.15, 0.2) is 28.9 Å². The number of nitrogens with zero attached hydrogens (tertiary/aromatic N) is 4. The van der Waals surface area contributed by atoms with Crippen LogP contribution in [-0.2, 0) is 11.2 Å². The van der Waals surface area contributed by atoms with Gasteiger partial charge >= 0.3 is 0 Å². The Kier molecular flexibility index (Phi) is 4.46. The number of hydrogen-bond donors (Lipinski definition) is 0. The van der Waals surface area contributed by atoms with E-state index in [1.165, 1.54) is 6.42 Å². The van der Waals surface area contributed by atoms with Crippen molar-refractivity contribution in [2.75, 3.05) is 13.1 Å². The summed E-state index contributed by atoms with van der Waals surface area (Å²) in [6, 6.07) is 5.54. The standard InChI is InChI=1S/C16H20N4O2/c1-12-5-4-10-20(11-12)15(21)8-7-14-18-16(19-22-14)13-6-2-3-9-17-13/h2-3,6,9,12H,4-5,7-8,10-11H2,1H3. The lowest BCUT2D eigenvalue weighted by Crippen LogP contribution is -2.39. The lowest BCUT2D eigenvalue weighted by atomic mass is 10.00. The predicted molar refractivity (Wildman–Crippen MR) is 80.8 cm³/mol. The summed E-state index contributed by atoms with van der Waals surface area (Å²) in [6.07, 6.45) is 4.88. The first kappa shape index (κ1) is 14.7.